The van der Waals surface area contributed by atoms with Gasteiger partial charge < -0.3 is 0 Å². The number of halogens is 2. The summed E-state index contributed by atoms with van der Waals surface area (Å²) in [5, 5.41) is 0.159. The molecule has 3 aromatic rings. The zero-order valence-electron chi connectivity index (χ0n) is 17.9. The van der Waals surface area contributed by atoms with Crippen molar-refractivity contribution in [1.29, 1.82) is 0 Å². The maximum absolute atomic E-state index is 13.2. The van der Waals surface area contributed by atoms with Crippen LogP contribution >= 0.6 is 24.8 Å². The Morgan fingerprint density at radius 1 is 0.844 bits per heavy atom. The molecule has 0 radical (unpaired) electrons. The average Bonchev–Trinajstić information content (AvgIpc) is 2.76. The van der Waals surface area contributed by atoms with Gasteiger partial charge in [0.1, 0.15) is 0 Å². The molecule has 3 heterocycles. The fourth-order valence-electron chi connectivity index (χ4n) is 3.71. The van der Waals surface area contributed by atoms with Crippen LogP contribution in [-0.2, 0) is 22.9 Å². The largest absolute Gasteiger partial charge is 0.296 e. The molecular formula is C23H28Cl2N4O2S. The highest BCUT2D eigenvalue weighted by Gasteiger charge is 2.25. The summed E-state index contributed by atoms with van der Waals surface area (Å²) in [4.78, 5) is 13.4. The summed E-state index contributed by atoms with van der Waals surface area (Å²) in [7, 11) is -3.64. The van der Waals surface area contributed by atoms with Crippen LogP contribution in [-0.4, -0.2) is 54.4 Å². The van der Waals surface area contributed by atoms with Gasteiger partial charge in [0.15, 0.2) is 5.03 Å². The summed E-state index contributed by atoms with van der Waals surface area (Å²) in [5.74, 6) is 0. The molecule has 0 amide bonds. The summed E-state index contributed by atoms with van der Waals surface area (Å²) >= 11 is 0. The molecule has 9 heteroatoms. The molecule has 0 atom stereocenters. The Bertz CT molecular complexity index is 1090. The van der Waals surface area contributed by atoms with Crippen molar-refractivity contribution in [3.05, 3.63) is 83.8 Å². The van der Waals surface area contributed by atoms with Crippen LogP contribution in [0.15, 0.2) is 77.0 Å². The third kappa shape index (κ3) is 6.27. The van der Waals surface area contributed by atoms with Gasteiger partial charge in [-0.15, -0.1) is 24.8 Å². The summed E-state index contributed by atoms with van der Waals surface area (Å²) in [5.41, 5.74) is 2.99. The van der Waals surface area contributed by atoms with Crippen molar-refractivity contribution >= 4 is 34.7 Å². The number of piperazine rings is 1. The van der Waals surface area contributed by atoms with E-state index < -0.39 is 9.84 Å². The number of benzene rings is 1. The molecule has 0 aliphatic carbocycles. The minimum absolute atomic E-state index is 0. The molecular weight excluding hydrogens is 467 g/mol. The highest BCUT2D eigenvalue weighted by atomic mass is 35.5. The van der Waals surface area contributed by atoms with Crippen molar-refractivity contribution < 1.29 is 8.42 Å². The normalized spacial score (nSPS) is 14.9. The van der Waals surface area contributed by atoms with Gasteiger partial charge in [0.2, 0.25) is 9.84 Å². The van der Waals surface area contributed by atoms with E-state index in [0.717, 1.165) is 43.9 Å². The molecule has 32 heavy (non-hydrogen) atoms. The number of nitrogens with zero attached hydrogens (tertiary/aromatic N) is 4. The van der Waals surface area contributed by atoms with E-state index in [1.54, 1.807) is 24.5 Å². The van der Waals surface area contributed by atoms with Crippen molar-refractivity contribution in [1.82, 2.24) is 19.8 Å². The van der Waals surface area contributed by atoms with E-state index in [0.29, 0.717) is 6.54 Å². The molecule has 1 aliphatic rings. The van der Waals surface area contributed by atoms with Gasteiger partial charge in [0.25, 0.3) is 0 Å². The number of aryl methyl sites for hydroxylation is 1. The van der Waals surface area contributed by atoms with Crippen LogP contribution in [0.5, 0.6) is 0 Å². The van der Waals surface area contributed by atoms with Crippen LogP contribution in [0.4, 0.5) is 0 Å². The molecule has 2 aromatic heterocycles. The van der Waals surface area contributed by atoms with Gasteiger partial charge in [0, 0.05) is 63.4 Å². The lowest BCUT2D eigenvalue weighted by molar-refractivity contribution is 0.121. The maximum atomic E-state index is 13.2. The molecule has 1 aromatic carbocycles. The van der Waals surface area contributed by atoms with Crippen molar-refractivity contribution in [2.75, 3.05) is 26.2 Å². The predicted molar refractivity (Wildman–Crippen MR) is 130 cm³/mol. The smallest absolute Gasteiger partial charge is 0.224 e. The first kappa shape index (κ1) is 26.2. The zero-order chi connectivity index (χ0) is 21.0. The monoisotopic (exact) mass is 494 g/mol. The van der Waals surface area contributed by atoms with E-state index in [1.165, 1.54) is 5.56 Å². The van der Waals surface area contributed by atoms with Crippen LogP contribution in [0.1, 0.15) is 16.7 Å². The fraction of sp³-hybridized carbons (Fsp3) is 0.304. The van der Waals surface area contributed by atoms with E-state index in [2.05, 4.69) is 25.8 Å². The molecule has 0 spiro atoms. The molecule has 0 unspecified atom stereocenters. The van der Waals surface area contributed by atoms with Crippen LogP contribution in [0.2, 0.25) is 0 Å². The Kier molecular flexibility index (Phi) is 9.61. The fourth-order valence-corrected chi connectivity index (χ4v) is 5.11. The lowest BCUT2D eigenvalue weighted by Crippen LogP contribution is -2.45. The minimum atomic E-state index is -3.64. The second-order valence-corrected chi connectivity index (χ2v) is 9.56. The van der Waals surface area contributed by atoms with Crippen molar-refractivity contribution in [2.45, 2.75) is 29.9 Å². The maximum Gasteiger partial charge on any atom is 0.224 e. The zero-order valence-corrected chi connectivity index (χ0v) is 20.4. The van der Waals surface area contributed by atoms with Gasteiger partial charge in [-0.1, -0.05) is 29.8 Å². The summed E-state index contributed by atoms with van der Waals surface area (Å²) < 4.78 is 26.3. The number of aromatic nitrogens is 2. The van der Waals surface area contributed by atoms with Crippen LogP contribution in [0.3, 0.4) is 0 Å². The molecule has 6 nitrogen and oxygen atoms in total. The molecule has 0 bridgehead atoms. The number of rotatable bonds is 6. The number of sulfone groups is 1. The third-order valence-corrected chi connectivity index (χ3v) is 7.19. The Morgan fingerprint density at radius 2 is 1.47 bits per heavy atom. The second kappa shape index (κ2) is 11.7. The quantitative estimate of drug-likeness (QED) is 0.519. The lowest BCUT2D eigenvalue weighted by Gasteiger charge is -2.34. The Morgan fingerprint density at radius 3 is 2.09 bits per heavy atom. The van der Waals surface area contributed by atoms with Crippen LogP contribution < -0.4 is 0 Å². The van der Waals surface area contributed by atoms with Gasteiger partial charge in [-0.05, 0) is 36.8 Å². The van der Waals surface area contributed by atoms with Crippen LogP contribution in [0.25, 0.3) is 0 Å². The van der Waals surface area contributed by atoms with E-state index in [1.807, 2.05) is 43.5 Å². The Balaban J connectivity index is 0.00000181. The van der Waals surface area contributed by atoms with E-state index in [9.17, 15) is 8.42 Å². The SMILES string of the molecule is Cc1ccc(S(=O)(=O)c2ncccc2CN2CCN(Cc3cccnc3)CC2)cc1.Cl.Cl. The number of hydrogen-bond donors (Lipinski definition) is 0. The summed E-state index contributed by atoms with van der Waals surface area (Å²) in [6.07, 6.45) is 5.25. The first-order chi connectivity index (χ1) is 14.5. The molecule has 1 saturated heterocycles. The van der Waals surface area contributed by atoms with Crippen molar-refractivity contribution in [3.63, 3.8) is 0 Å². The third-order valence-electron chi connectivity index (χ3n) is 5.42. The standard InChI is InChI=1S/C23H26N4O2S.2ClH/c1-19-6-8-22(9-7-19)30(28,29)23-21(5-3-11-25-23)18-27-14-12-26(13-15-27)17-20-4-2-10-24-16-20;;/h2-11,16H,12-15,17-18H2,1H3;2*1H. The van der Waals surface area contributed by atoms with Gasteiger partial charge in [-0.3, -0.25) is 14.8 Å². The number of hydrogen-bond acceptors (Lipinski definition) is 6. The Hall–Kier alpha value is -2.03. The van der Waals surface area contributed by atoms with Gasteiger partial charge >= 0.3 is 0 Å². The number of pyridine rings is 2. The minimum Gasteiger partial charge on any atom is -0.296 e. The highest BCUT2D eigenvalue weighted by molar-refractivity contribution is 7.91. The highest BCUT2D eigenvalue weighted by Crippen LogP contribution is 2.24. The van der Waals surface area contributed by atoms with Crippen LogP contribution in [0, 0.1) is 6.92 Å². The van der Waals surface area contributed by atoms with Crippen molar-refractivity contribution in [2.24, 2.45) is 0 Å². The summed E-state index contributed by atoms with van der Waals surface area (Å²) in [6.45, 7) is 7.07. The molecule has 1 aliphatic heterocycles. The molecule has 0 N–H and O–H groups in total. The first-order valence-electron chi connectivity index (χ1n) is 10.1. The van der Waals surface area contributed by atoms with E-state index in [4.69, 9.17) is 0 Å². The molecule has 4 rings (SSSR count). The van der Waals surface area contributed by atoms with Gasteiger partial charge in [0.05, 0.1) is 4.90 Å². The topological polar surface area (TPSA) is 66.4 Å². The average molecular weight is 495 g/mol. The van der Waals surface area contributed by atoms with Gasteiger partial charge in [-0.25, -0.2) is 13.4 Å². The van der Waals surface area contributed by atoms with E-state index >= 15 is 0 Å². The second-order valence-electron chi connectivity index (χ2n) is 7.70. The van der Waals surface area contributed by atoms with Crippen molar-refractivity contribution in [3.8, 4) is 0 Å². The molecule has 0 saturated carbocycles. The lowest BCUT2D eigenvalue weighted by atomic mass is 10.2. The van der Waals surface area contributed by atoms with Gasteiger partial charge in [-0.2, -0.15) is 0 Å². The predicted octanol–water partition coefficient (Wildman–Crippen LogP) is 3.78. The summed E-state index contributed by atoms with van der Waals surface area (Å²) in [6, 6.07) is 14.7. The molecule has 1 fully saturated rings. The first-order valence-corrected chi connectivity index (χ1v) is 11.6. The van der Waals surface area contributed by atoms with E-state index in [-0.39, 0.29) is 34.7 Å². The molecule has 172 valence electrons. The Labute approximate surface area is 202 Å².